The number of ether oxygens (including phenoxy) is 1. The van der Waals surface area contributed by atoms with Gasteiger partial charge in [-0.25, -0.2) is 4.68 Å². The zero-order valence-electron chi connectivity index (χ0n) is 15.9. The quantitative estimate of drug-likeness (QED) is 0.692. The van der Waals surface area contributed by atoms with Crippen molar-refractivity contribution in [1.29, 1.82) is 0 Å². The van der Waals surface area contributed by atoms with Crippen LogP contribution >= 0.6 is 12.2 Å². The summed E-state index contributed by atoms with van der Waals surface area (Å²) >= 11 is 5.35. The monoisotopic (exact) mass is 376 g/mol. The van der Waals surface area contributed by atoms with Crippen LogP contribution in [-0.2, 0) is 13.1 Å². The Morgan fingerprint density at radius 2 is 1.77 bits per heavy atom. The van der Waals surface area contributed by atoms with Gasteiger partial charge in [-0.1, -0.05) is 26.0 Å². The van der Waals surface area contributed by atoms with Crippen LogP contribution in [0.15, 0.2) is 28.7 Å². The van der Waals surface area contributed by atoms with Crippen LogP contribution < -0.4 is 4.74 Å². The van der Waals surface area contributed by atoms with E-state index in [1.165, 1.54) is 6.54 Å². The molecule has 0 radical (unpaired) electrons. The number of aromatic nitrogens is 2. The summed E-state index contributed by atoms with van der Waals surface area (Å²) in [5, 5.41) is 4.57. The molecule has 0 saturated carbocycles. The molecule has 0 unspecified atom stereocenters. The molecular formula is C19H28N4O2S. The summed E-state index contributed by atoms with van der Waals surface area (Å²) in [4.78, 5) is 5.35. The Morgan fingerprint density at radius 1 is 1.12 bits per heavy atom. The van der Waals surface area contributed by atoms with Crippen LogP contribution in [-0.4, -0.2) is 59.4 Å². The maximum absolute atomic E-state index is 5.69. The summed E-state index contributed by atoms with van der Waals surface area (Å²) in [5.41, 5.74) is 1.12. The smallest absolute Gasteiger partial charge is 0.288 e. The second-order valence-corrected chi connectivity index (χ2v) is 7.59. The van der Waals surface area contributed by atoms with Gasteiger partial charge in [-0.05, 0) is 35.8 Å². The van der Waals surface area contributed by atoms with E-state index in [0.29, 0.717) is 29.7 Å². The molecule has 0 aliphatic carbocycles. The predicted molar refractivity (Wildman–Crippen MR) is 104 cm³/mol. The molecular weight excluding hydrogens is 348 g/mol. The van der Waals surface area contributed by atoms with E-state index in [4.69, 9.17) is 21.4 Å². The van der Waals surface area contributed by atoms with E-state index in [1.807, 2.05) is 24.3 Å². The van der Waals surface area contributed by atoms with Gasteiger partial charge in [0.15, 0.2) is 0 Å². The highest BCUT2D eigenvalue weighted by Crippen LogP contribution is 2.15. The highest BCUT2D eigenvalue weighted by molar-refractivity contribution is 7.71. The first kappa shape index (κ1) is 19.1. The summed E-state index contributed by atoms with van der Waals surface area (Å²) < 4.78 is 12.7. The van der Waals surface area contributed by atoms with Gasteiger partial charge in [0.25, 0.3) is 4.84 Å². The van der Waals surface area contributed by atoms with Crippen molar-refractivity contribution in [1.82, 2.24) is 19.6 Å². The van der Waals surface area contributed by atoms with Gasteiger partial charge in [-0.15, -0.1) is 5.10 Å². The number of methoxy groups -OCH3 is 1. The number of nitrogens with zero attached hydrogens (tertiary/aromatic N) is 4. The lowest BCUT2D eigenvalue weighted by Gasteiger charge is -2.35. The van der Waals surface area contributed by atoms with Crippen molar-refractivity contribution in [2.45, 2.75) is 26.9 Å². The number of piperazine rings is 1. The molecule has 142 valence electrons. The van der Waals surface area contributed by atoms with E-state index in [-0.39, 0.29) is 0 Å². The third kappa shape index (κ3) is 5.16. The number of hydrogen-bond donors (Lipinski definition) is 0. The largest absolute Gasteiger partial charge is 0.497 e. The zero-order valence-corrected chi connectivity index (χ0v) is 16.7. The fourth-order valence-corrected chi connectivity index (χ4v) is 3.44. The minimum absolute atomic E-state index is 0.443. The molecule has 7 heteroatoms. The number of hydrogen-bond acceptors (Lipinski definition) is 6. The summed E-state index contributed by atoms with van der Waals surface area (Å²) in [6.45, 7) is 10.7. The van der Waals surface area contributed by atoms with Gasteiger partial charge in [0.05, 0.1) is 20.2 Å². The third-order valence-corrected chi connectivity index (χ3v) is 4.88. The summed E-state index contributed by atoms with van der Waals surface area (Å²) in [7, 11) is 1.66. The average Bonchev–Trinajstić information content (AvgIpc) is 2.96. The molecule has 2 aromatic rings. The van der Waals surface area contributed by atoms with Gasteiger partial charge in [-0.3, -0.25) is 4.90 Å². The van der Waals surface area contributed by atoms with Gasteiger partial charge in [0, 0.05) is 32.7 Å². The molecule has 0 bridgehead atoms. The molecule has 0 N–H and O–H groups in total. The van der Waals surface area contributed by atoms with E-state index in [1.54, 1.807) is 11.8 Å². The maximum atomic E-state index is 5.69. The molecule has 1 aromatic heterocycles. The first-order valence-electron chi connectivity index (χ1n) is 9.18. The molecule has 1 saturated heterocycles. The topological polar surface area (TPSA) is 46.7 Å². The lowest BCUT2D eigenvalue weighted by Crippen LogP contribution is -2.47. The Morgan fingerprint density at radius 3 is 2.38 bits per heavy atom. The number of rotatable bonds is 7. The normalized spacial score (nSPS) is 16.3. The SMILES string of the molecule is COc1ccc(Cc2nn(CN3CCN(CC(C)C)CC3)c(=S)o2)cc1. The Balaban J connectivity index is 1.56. The van der Waals surface area contributed by atoms with E-state index < -0.39 is 0 Å². The highest BCUT2D eigenvalue weighted by Gasteiger charge is 2.18. The van der Waals surface area contributed by atoms with Crippen molar-refractivity contribution >= 4 is 12.2 Å². The lowest BCUT2D eigenvalue weighted by atomic mass is 10.1. The molecule has 0 atom stereocenters. The fourth-order valence-electron chi connectivity index (χ4n) is 3.25. The molecule has 3 rings (SSSR count). The Labute approximate surface area is 160 Å². The lowest BCUT2D eigenvalue weighted by molar-refractivity contribution is 0.0943. The molecule has 2 heterocycles. The van der Waals surface area contributed by atoms with Crippen LogP contribution in [0.25, 0.3) is 0 Å². The summed E-state index contributed by atoms with van der Waals surface area (Å²) in [6.07, 6.45) is 0.628. The van der Waals surface area contributed by atoms with Crippen molar-refractivity contribution in [3.8, 4) is 5.75 Å². The Hall–Kier alpha value is -1.70. The van der Waals surface area contributed by atoms with Gasteiger partial charge in [-0.2, -0.15) is 0 Å². The van der Waals surface area contributed by atoms with E-state index in [0.717, 1.165) is 37.5 Å². The molecule has 1 aromatic carbocycles. The third-order valence-electron chi connectivity index (χ3n) is 4.58. The van der Waals surface area contributed by atoms with Crippen LogP contribution in [0.1, 0.15) is 25.3 Å². The molecule has 0 amide bonds. The van der Waals surface area contributed by atoms with Crippen molar-refractivity contribution in [3.63, 3.8) is 0 Å². The van der Waals surface area contributed by atoms with Crippen molar-refractivity contribution in [3.05, 3.63) is 40.6 Å². The minimum atomic E-state index is 0.443. The first-order valence-corrected chi connectivity index (χ1v) is 9.59. The van der Waals surface area contributed by atoms with Crippen molar-refractivity contribution in [2.75, 3.05) is 39.8 Å². The van der Waals surface area contributed by atoms with Gasteiger partial charge < -0.3 is 14.1 Å². The van der Waals surface area contributed by atoms with Crippen LogP contribution in [0.2, 0.25) is 0 Å². The molecule has 1 fully saturated rings. The van der Waals surface area contributed by atoms with Crippen LogP contribution in [0.5, 0.6) is 5.75 Å². The Bertz CT molecular complexity index is 746. The molecule has 26 heavy (non-hydrogen) atoms. The standard InChI is InChI=1S/C19H28N4O2S/c1-15(2)13-21-8-10-22(11-9-21)14-23-19(26)25-18(20-23)12-16-4-6-17(24-3)7-5-16/h4-7,15H,8-14H2,1-3H3. The summed E-state index contributed by atoms with van der Waals surface area (Å²) in [5.74, 6) is 2.21. The number of benzene rings is 1. The minimum Gasteiger partial charge on any atom is -0.497 e. The highest BCUT2D eigenvalue weighted by atomic mass is 32.1. The second kappa shape index (κ2) is 8.79. The van der Waals surface area contributed by atoms with Crippen molar-refractivity contribution in [2.24, 2.45) is 5.92 Å². The van der Waals surface area contributed by atoms with Crippen LogP contribution in [0.4, 0.5) is 0 Å². The van der Waals surface area contributed by atoms with E-state index in [9.17, 15) is 0 Å². The molecule has 6 nitrogen and oxygen atoms in total. The van der Waals surface area contributed by atoms with E-state index in [2.05, 4.69) is 28.7 Å². The predicted octanol–water partition coefficient (Wildman–Crippen LogP) is 3.04. The fraction of sp³-hybridized carbons (Fsp3) is 0.579. The maximum Gasteiger partial charge on any atom is 0.288 e. The van der Waals surface area contributed by atoms with Crippen molar-refractivity contribution < 1.29 is 9.15 Å². The van der Waals surface area contributed by atoms with Gasteiger partial charge in [0.2, 0.25) is 5.89 Å². The van der Waals surface area contributed by atoms with E-state index >= 15 is 0 Å². The van der Waals surface area contributed by atoms with Crippen LogP contribution in [0.3, 0.4) is 0 Å². The molecule has 1 aliphatic heterocycles. The second-order valence-electron chi connectivity index (χ2n) is 7.24. The van der Waals surface area contributed by atoms with Crippen LogP contribution in [0, 0.1) is 10.8 Å². The van der Waals surface area contributed by atoms with Gasteiger partial charge in [0.1, 0.15) is 5.75 Å². The average molecular weight is 377 g/mol. The first-order chi connectivity index (χ1) is 12.5. The summed E-state index contributed by atoms with van der Waals surface area (Å²) in [6, 6.07) is 7.92. The Kier molecular flexibility index (Phi) is 6.45. The zero-order chi connectivity index (χ0) is 18.5. The van der Waals surface area contributed by atoms with Gasteiger partial charge >= 0.3 is 0 Å². The molecule has 0 spiro atoms. The molecule has 1 aliphatic rings.